The first-order valence-electron chi connectivity index (χ1n) is 9.38. The summed E-state index contributed by atoms with van der Waals surface area (Å²) in [6, 6.07) is -0.0653. The fraction of sp³-hybridized carbons (Fsp3) is 0.632. The number of carbonyl (C=O) groups is 1. The average molecular weight is 428 g/mol. The van der Waals surface area contributed by atoms with Crippen molar-refractivity contribution in [3.05, 3.63) is 20.8 Å². The molecule has 28 heavy (non-hydrogen) atoms. The van der Waals surface area contributed by atoms with Crippen LogP contribution in [0.5, 0.6) is 0 Å². The number of carbonyl (C=O) groups excluding carboxylic acids is 1. The molecule has 0 radical (unpaired) electrons. The molecule has 2 aromatic heterocycles. The molecular formula is C19H29N3O4S2. The van der Waals surface area contributed by atoms with Crippen molar-refractivity contribution in [2.75, 3.05) is 32.7 Å². The molecule has 0 aliphatic heterocycles. The number of thioether (sulfide) groups is 1. The van der Waals surface area contributed by atoms with E-state index in [1.165, 1.54) is 23.1 Å². The molecule has 0 fully saturated rings. The Labute approximate surface area is 173 Å². The second kappa shape index (κ2) is 10.9. The summed E-state index contributed by atoms with van der Waals surface area (Å²) in [7, 11) is 1.60. The molecule has 1 N–H and O–H groups in total. The van der Waals surface area contributed by atoms with Gasteiger partial charge in [0, 0.05) is 37.8 Å². The first kappa shape index (κ1) is 22.9. The second-order valence-corrected chi connectivity index (χ2v) is 8.72. The molecular weight excluding hydrogens is 398 g/mol. The highest BCUT2D eigenvalue weighted by Gasteiger charge is 2.18. The minimum absolute atomic E-state index is 0.0426. The molecule has 0 aliphatic carbocycles. The number of thiophene rings is 1. The lowest BCUT2D eigenvalue weighted by molar-refractivity contribution is -0.119. The molecule has 1 atom stereocenters. The number of amides is 1. The fourth-order valence-electron chi connectivity index (χ4n) is 2.82. The molecule has 0 aliphatic rings. The fourth-order valence-corrected chi connectivity index (χ4v) is 4.73. The monoisotopic (exact) mass is 427 g/mol. The molecule has 2 heterocycles. The standard InChI is InChI=1S/C19H29N3O4S2/c1-6-26-9-7-8-22-18(24)16-13(3)14(4)28-17(16)21-19(22)27-11-15(23)20-12(2)10-25-5/h12H,6-11H2,1-5H3,(H,20,23). The van der Waals surface area contributed by atoms with Crippen LogP contribution >= 0.6 is 23.1 Å². The Morgan fingerprint density at radius 3 is 2.82 bits per heavy atom. The van der Waals surface area contributed by atoms with E-state index in [9.17, 15) is 9.59 Å². The maximum absolute atomic E-state index is 13.1. The molecule has 2 rings (SSSR count). The summed E-state index contributed by atoms with van der Waals surface area (Å²) in [5, 5.41) is 4.13. The van der Waals surface area contributed by atoms with E-state index in [4.69, 9.17) is 14.5 Å². The van der Waals surface area contributed by atoms with Gasteiger partial charge in [0.05, 0.1) is 17.7 Å². The van der Waals surface area contributed by atoms with E-state index < -0.39 is 0 Å². The molecule has 156 valence electrons. The Morgan fingerprint density at radius 1 is 1.39 bits per heavy atom. The van der Waals surface area contributed by atoms with Crippen LogP contribution in [-0.2, 0) is 20.8 Å². The number of fused-ring (bicyclic) bond motifs is 1. The van der Waals surface area contributed by atoms with Crippen molar-refractivity contribution < 1.29 is 14.3 Å². The van der Waals surface area contributed by atoms with Crippen molar-refractivity contribution in [2.24, 2.45) is 0 Å². The number of hydrogen-bond donors (Lipinski definition) is 1. The van der Waals surface area contributed by atoms with Crippen LogP contribution in [0.25, 0.3) is 10.2 Å². The lowest BCUT2D eigenvalue weighted by Crippen LogP contribution is -2.36. The summed E-state index contributed by atoms with van der Waals surface area (Å²) in [4.78, 5) is 31.8. The van der Waals surface area contributed by atoms with Gasteiger partial charge >= 0.3 is 0 Å². The summed E-state index contributed by atoms with van der Waals surface area (Å²) in [6.07, 6.45) is 0.716. The predicted octanol–water partition coefficient (Wildman–Crippen LogP) is 2.74. The largest absolute Gasteiger partial charge is 0.383 e. The molecule has 0 saturated heterocycles. The third kappa shape index (κ3) is 5.79. The third-order valence-corrected chi connectivity index (χ3v) is 6.36. The molecule has 1 amide bonds. The van der Waals surface area contributed by atoms with E-state index >= 15 is 0 Å². The molecule has 0 aromatic carbocycles. The van der Waals surface area contributed by atoms with Gasteiger partial charge in [-0.3, -0.25) is 14.2 Å². The number of nitrogens with one attached hydrogen (secondary N) is 1. The van der Waals surface area contributed by atoms with Gasteiger partial charge in [-0.1, -0.05) is 11.8 Å². The Bertz CT molecular complexity index is 863. The van der Waals surface area contributed by atoms with Gasteiger partial charge in [0.25, 0.3) is 5.56 Å². The lowest BCUT2D eigenvalue weighted by Gasteiger charge is -2.14. The van der Waals surface area contributed by atoms with Gasteiger partial charge in [-0.15, -0.1) is 11.3 Å². The minimum atomic E-state index is -0.108. The summed E-state index contributed by atoms with van der Waals surface area (Å²) in [5.41, 5.74) is 0.942. The lowest BCUT2D eigenvalue weighted by atomic mass is 10.2. The van der Waals surface area contributed by atoms with Crippen LogP contribution in [0.2, 0.25) is 0 Å². The Hall–Kier alpha value is -1.42. The highest BCUT2D eigenvalue weighted by Crippen LogP contribution is 2.28. The quantitative estimate of drug-likeness (QED) is 0.337. The van der Waals surface area contributed by atoms with Crippen molar-refractivity contribution in [3.8, 4) is 0 Å². The van der Waals surface area contributed by atoms with E-state index in [1.54, 1.807) is 11.7 Å². The minimum Gasteiger partial charge on any atom is -0.383 e. The number of aryl methyl sites for hydroxylation is 2. The molecule has 0 spiro atoms. The van der Waals surface area contributed by atoms with E-state index in [0.717, 1.165) is 15.3 Å². The Balaban J connectivity index is 2.24. The maximum Gasteiger partial charge on any atom is 0.263 e. The average Bonchev–Trinajstić information content (AvgIpc) is 2.93. The van der Waals surface area contributed by atoms with Crippen molar-refractivity contribution >= 4 is 39.2 Å². The summed E-state index contributed by atoms with van der Waals surface area (Å²) in [6.45, 7) is 9.99. The SMILES string of the molecule is CCOCCCn1c(SCC(=O)NC(C)COC)nc2sc(C)c(C)c2c1=O. The molecule has 9 heteroatoms. The zero-order valence-corrected chi connectivity index (χ0v) is 18.8. The van der Waals surface area contributed by atoms with E-state index in [2.05, 4.69) is 5.32 Å². The van der Waals surface area contributed by atoms with Crippen molar-refractivity contribution in [3.63, 3.8) is 0 Å². The Morgan fingerprint density at radius 2 is 2.14 bits per heavy atom. The zero-order chi connectivity index (χ0) is 20.7. The van der Waals surface area contributed by atoms with Crippen molar-refractivity contribution in [1.82, 2.24) is 14.9 Å². The smallest absolute Gasteiger partial charge is 0.263 e. The van der Waals surface area contributed by atoms with Crippen LogP contribution in [0.4, 0.5) is 0 Å². The van der Waals surface area contributed by atoms with Crippen LogP contribution in [0, 0.1) is 13.8 Å². The number of aromatic nitrogens is 2. The zero-order valence-electron chi connectivity index (χ0n) is 17.2. The molecule has 0 saturated carbocycles. The van der Waals surface area contributed by atoms with Crippen LogP contribution in [-0.4, -0.2) is 54.2 Å². The number of methoxy groups -OCH3 is 1. The molecule has 0 bridgehead atoms. The van der Waals surface area contributed by atoms with Gasteiger partial charge in [-0.05, 0) is 39.7 Å². The normalized spacial score (nSPS) is 12.5. The number of ether oxygens (including phenoxy) is 2. The molecule has 7 nitrogen and oxygen atoms in total. The van der Waals surface area contributed by atoms with Crippen molar-refractivity contribution in [1.29, 1.82) is 0 Å². The van der Waals surface area contributed by atoms with Gasteiger partial charge in [-0.25, -0.2) is 4.98 Å². The van der Waals surface area contributed by atoms with Gasteiger partial charge in [0.1, 0.15) is 4.83 Å². The number of rotatable bonds is 11. The highest BCUT2D eigenvalue weighted by atomic mass is 32.2. The number of nitrogens with zero attached hydrogens (tertiary/aromatic N) is 2. The van der Waals surface area contributed by atoms with Crippen LogP contribution in [0.1, 0.15) is 30.7 Å². The first-order valence-corrected chi connectivity index (χ1v) is 11.2. The van der Waals surface area contributed by atoms with Gasteiger partial charge < -0.3 is 14.8 Å². The third-order valence-electron chi connectivity index (χ3n) is 4.28. The number of hydrogen-bond acceptors (Lipinski definition) is 7. The summed E-state index contributed by atoms with van der Waals surface area (Å²) < 4.78 is 12.1. The van der Waals surface area contributed by atoms with Crippen molar-refractivity contribution in [2.45, 2.75) is 51.9 Å². The van der Waals surface area contributed by atoms with E-state index in [0.29, 0.717) is 43.3 Å². The van der Waals surface area contributed by atoms with Crippen LogP contribution in [0.3, 0.4) is 0 Å². The highest BCUT2D eigenvalue weighted by molar-refractivity contribution is 7.99. The van der Waals surface area contributed by atoms with Gasteiger partial charge in [0.2, 0.25) is 5.91 Å². The summed E-state index contributed by atoms with van der Waals surface area (Å²) in [5.74, 6) is 0.0872. The predicted molar refractivity (Wildman–Crippen MR) is 115 cm³/mol. The summed E-state index contributed by atoms with van der Waals surface area (Å²) >= 11 is 2.81. The Kier molecular flexibility index (Phi) is 8.94. The van der Waals surface area contributed by atoms with Gasteiger partial charge in [-0.2, -0.15) is 0 Å². The van der Waals surface area contributed by atoms with Gasteiger partial charge in [0.15, 0.2) is 5.16 Å². The topological polar surface area (TPSA) is 82.4 Å². The maximum atomic E-state index is 13.1. The van der Waals surface area contributed by atoms with E-state index in [1.807, 2.05) is 27.7 Å². The van der Waals surface area contributed by atoms with Crippen LogP contribution < -0.4 is 10.9 Å². The molecule has 1 unspecified atom stereocenters. The van der Waals surface area contributed by atoms with E-state index in [-0.39, 0.29) is 23.3 Å². The van der Waals surface area contributed by atoms with Crippen LogP contribution in [0.15, 0.2) is 9.95 Å². The molecule has 2 aromatic rings. The second-order valence-electron chi connectivity index (χ2n) is 6.58. The first-order chi connectivity index (χ1) is 13.4.